The summed E-state index contributed by atoms with van der Waals surface area (Å²) in [5.74, 6) is -1.26. The molecule has 138 valence electrons. The number of Topliss-reactive ketones (excluding diaryl/α,β-unsaturated/α-hetero) is 1. The minimum atomic E-state index is -1.29. The molecule has 1 aliphatic carbocycles. The van der Waals surface area contributed by atoms with Gasteiger partial charge in [-0.1, -0.05) is 30.3 Å². The molecule has 0 aliphatic heterocycles. The summed E-state index contributed by atoms with van der Waals surface area (Å²) in [5, 5.41) is 12.8. The van der Waals surface area contributed by atoms with Crippen molar-refractivity contribution in [3.05, 3.63) is 51.9 Å². The third-order valence-corrected chi connectivity index (χ3v) is 5.72. The molecule has 0 spiro atoms. The third kappa shape index (κ3) is 3.13. The molecule has 1 aromatic heterocycles. The van der Waals surface area contributed by atoms with E-state index in [4.69, 9.17) is 4.74 Å². The van der Waals surface area contributed by atoms with Crippen molar-refractivity contribution >= 4 is 34.0 Å². The summed E-state index contributed by atoms with van der Waals surface area (Å²) in [4.78, 5) is 37.7. The number of rotatable bonds is 4. The van der Waals surface area contributed by atoms with Crippen molar-refractivity contribution in [3.63, 3.8) is 0 Å². The molecule has 1 N–H and O–H groups in total. The molecule has 6 nitrogen and oxygen atoms in total. The zero-order chi connectivity index (χ0) is 19.6. The van der Waals surface area contributed by atoms with E-state index in [0.29, 0.717) is 27.4 Å². The number of hydrogen-bond acceptors (Lipinski definition) is 6. The fraction of sp³-hybridized carbons (Fsp3) is 0.300. The maximum absolute atomic E-state index is 13.3. The molecule has 1 unspecified atom stereocenters. The molecule has 1 aliphatic rings. The Morgan fingerprint density at radius 3 is 2.63 bits per heavy atom. The largest absolute Gasteiger partial charge is 0.462 e. The summed E-state index contributed by atoms with van der Waals surface area (Å²) < 4.78 is 5.11. The van der Waals surface area contributed by atoms with Crippen molar-refractivity contribution in [2.75, 3.05) is 11.9 Å². The number of thiophene rings is 1. The summed E-state index contributed by atoms with van der Waals surface area (Å²) >= 11 is 1.03. The van der Waals surface area contributed by atoms with E-state index in [0.717, 1.165) is 11.3 Å². The zero-order valence-electron chi connectivity index (χ0n) is 15.0. The first-order chi connectivity index (χ1) is 12.9. The van der Waals surface area contributed by atoms with Crippen LogP contribution in [0.15, 0.2) is 30.3 Å². The predicted octanol–water partition coefficient (Wildman–Crippen LogP) is 3.47. The van der Waals surface area contributed by atoms with Crippen LogP contribution in [0.3, 0.4) is 0 Å². The summed E-state index contributed by atoms with van der Waals surface area (Å²) in [7, 11) is 0. The number of nitrogens with zero attached hydrogens (tertiary/aromatic N) is 1. The highest BCUT2D eigenvalue weighted by atomic mass is 32.1. The van der Waals surface area contributed by atoms with Crippen LogP contribution in [-0.4, -0.2) is 24.3 Å². The molecule has 27 heavy (non-hydrogen) atoms. The lowest BCUT2D eigenvalue weighted by Gasteiger charge is -2.29. The molecule has 1 aromatic carbocycles. The van der Waals surface area contributed by atoms with Crippen LogP contribution in [0.4, 0.5) is 5.00 Å². The van der Waals surface area contributed by atoms with Gasteiger partial charge in [0.25, 0.3) is 0 Å². The second kappa shape index (κ2) is 7.33. The summed E-state index contributed by atoms with van der Waals surface area (Å²) in [6.45, 7) is 3.21. The van der Waals surface area contributed by atoms with E-state index in [9.17, 15) is 19.6 Å². The Balaban J connectivity index is 2.15. The maximum Gasteiger partial charge on any atom is 0.341 e. The summed E-state index contributed by atoms with van der Waals surface area (Å²) in [5.41, 5.74) is 0.114. The van der Waals surface area contributed by atoms with E-state index in [1.54, 1.807) is 31.2 Å². The van der Waals surface area contributed by atoms with Gasteiger partial charge < -0.3 is 10.1 Å². The summed E-state index contributed by atoms with van der Waals surface area (Å²) in [6, 6.07) is 11.1. The lowest BCUT2D eigenvalue weighted by atomic mass is 9.69. The minimum absolute atomic E-state index is 0.184. The molecule has 1 atom stereocenters. The average molecular weight is 382 g/mol. The average Bonchev–Trinajstić information content (AvgIpc) is 3.01. The van der Waals surface area contributed by atoms with Crippen LogP contribution in [-0.2, 0) is 21.4 Å². The number of carbonyl (C=O) groups excluding carboxylic acids is 3. The highest BCUT2D eigenvalue weighted by molar-refractivity contribution is 7.19. The van der Waals surface area contributed by atoms with E-state index >= 15 is 0 Å². The van der Waals surface area contributed by atoms with E-state index in [1.807, 2.05) is 6.07 Å². The Bertz CT molecular complexity index is 958. The predicted molar refractivity (Wildman–Crippen MR) is 101 cm³/mol. The standard InChI is InChI=1S/C20H18N2O4S/c1-3-26-19(25)15-14-9-10-20(11-21,13-7-5-4-6-8-13)17(24)16(14)27-18(15)22-12(2)23/h4-8H,3,9-10H2,1-2H3,(H,22,23). The minimum Gasteiger partial charge on any atom is -0.462 e. The third-order valence-electron chi connectivity index (χ3n) is 4.58. The van der Waals surface area contributed by atoms with E-state index in [1.165, 1.54) is 6.92 Å². The highest BCUT2D eigenvalue weighted by Crippen LogP contribution is 2.45. The summed E-state index contributed by atoms with van der Waals surface area (Å²) in [6.07, 6.45) is 0.635. The first-order valence-electron chi connectivity index (χ1n) is 8.56. The van der Waals surface area contributed by atoms with Crippen molar-refractivity contribution in [1.29, 1.82) is 5.26 Å². The number of anilines is 1. The molecule has 2 aromatic rings. The Morgan fingerprint density at radius 1 is 1.33 bits per heavy atom. The Kier molecular flexibility index (Phi) is 5.10. The molecule has 0 fully saturated rings. The first kappa shape index (κ1) is 18.8. The van der Waals surface area contributed by atoms with Crippen LogP contribution in [0, 0.1) is 11.3 Å². The van der Waals surface area contributed by atoms with Crippen LogP contribution in [0.2, 0.25) is 0 Å². The van der Waals surface area contributed by atoms with Gasteiger partial charge in [-0.3, -0.25) is 9.59 Å². The monoisotopic (exact) mass is 382 g/mol. The van der Waals surface area contributed by atoms with E-state index in [2.05, 4.69) is 11.4 Å². The molecular weight excluding hydrogens is 364 g/mol. The number of ketones is 1. The molecule has 7 heteroatoms. The van der Waals surface area contributed by atoms with Gasteiger partial charge >= 0.3 is 5.97 Å². The van der Waals surface area contributed by atoms with Crippen molar-refractivity contribution in [1.82, 2.24) is 0 Å². The second-order valence-electron chi connectivity index (χ2n) is 6.23. The van der Waals surface area contributed by atoms with Crippen LogP contribution in [0.25, 0.3) is 0 Å². The molecule has 0 radical (unpaired) electrons. The zero-order valence-corrected chi connectivity index (χ0v) is 15.8. The lowest BCUT2D eigenvalue weighted by molar-refractivity contribution is -0.114. The Hall–Kier alpha value is -2.98. The van der Waals surface area contributed by atoms with E-state index in [-0.39, 0.29) is 30.3 Å². The van der Waals surface area contributed by atoms with Crippen molar-refractivity contribution in [3.8, 4) is 6.07 Å². The number of carbonyl (C=O) groups is 3. The van der Waals surface area contributed by atoms with Gasteiger partial charge in [-0.25, -0.2) is 4.79 Å². The van der Waals surface area contributed by atoms with Gasteiger partial charge in [0.15, 0.2) is 5.78 Å². The van der Waals surface area contributed by atoms with Crippen molar-refractivity contribution in [2.24, 2.45) is 0 Å². The Labute approximate surface area is 160 Å². The number of fused-ring (bicyclic) bond motifs is 1. The van der Waals surface area contributed by atoms with Gasteiger partial charge in [-0.15, -0.1) is 11.3 Å². The number of esters is 1. The molecule has 0 saturated carbocycles. The molecule has 3 rings (SSSR count). The van der Waals surface area contributed by atoms with Crippen molar-refractivity contribution < 1.29 is 19.1 Å². The van der Waals surface area contributed by atoms with Crippen LogP contribution in [0.5, 0.6) is 0 Å². The smallest absolute Gasteiger partial charge is 0.341 e. The topological polar surface area (TPSA) is 96.3 Å². The van der Waals surface area contributed by atoms with Gasteiger partial charge in [0.2, 0.25) is 5.91 Å². The number of benzene rings is 1. The molecule has 1 amide bonds. The maximum atomic E-state index is 13.3. The number of nitrogens with one attached hydrogen (secondary N) is 1. The highest BCUT2D eigenvalue weighted by Gasteiger charge is 2.47. The fourth-order valence-corrected chi connectivity index (χ4v) is 4.65. The van der Waals surface area contributed by atoms with Gasteiger partial charge in [0.05, 0.1) is 23.1 Å². The fourth-order valence-electron chi connectivity index (χ4n) is 3.34. The van der Waals surface area contributed by atoms with Gasteiger partial charge in [-0.05, 0) is 30.9 Å². The lowest BCUT2D eigenvalue weighted by Crippen LogP contribution is -2.38. The SMILES string of the molecule is CCOC(=O)c1c(NC(C)=O)sc2c1CCC(C#N)(c1ccccc1)C2=O. The number of ether oxygens (including phenoxy) is 1. The molecule has 1 heterocycles. The number of amides is 1. The van der Waals surface area contributed by atoms with Gasteiger partial charge in [0, 0.05) is 6.92 Å². The van der Waals surface area contributed by atoms with Crippen LogP contribution in [0.1, 0.15) is 51.4 Å². The van der Waals surface area contributed by atoms with Crippen LogP contribution < -0.4 is 5.32 Å². The van der Waals surface area contributed by atoms with E-state index < -0.39 is 11.4 Å². The van der Waals surface area contributed by atoms with Gasteiger partial charge in [0.1, 0.15) is 10.4 Å². The molecular formula is C20H18N2O4S. The first-order valence-corrected chi connectivity index (χ1v) is 9.38. The molecule has 0 bridgehead atoms. The number of hydrogen-bond donors (Lipinski definition) is 1. The normalized spacial score (nSPS) is 18.3. The van der Waals surface area contributed by atoms with Crippen LogP contribution >= 0.6 is 11.3 Å². The molecule has 0 saturated heterocycles. The van der Waals surface area contributed by atoms with Crippen molar-refractivity contribution in [2.45, 2.75) is 32.1 Å². The van der Waals surface area contributed by atoms with Gasteiger partial charge in [-0.2, -0.15) is 5.26 Å². The second-order valence-corrected chi connectivity index (χ2v) is 7.25. The Morgan fingerprint density at radius 2 is 2.04 bits per heavy atom. The number of nitriles is 1. The quantitative estimate of drug-likeness (QED) is 0.817.